The van der Waals surface area contributed by atoms with E-state index in [2.05, 4.69) is 68.4 Å². The zero-order chi connectivity index (χ0) is 37.7. The Morgan fingerprint density at radius 3 is 1.58 bits per heavy atom. The number of pyridine rings is 2. The summed E-state index contributed by atoms with van der Waals surface area (Å²) in [5, 5.41) is 4.86. The number of hydrogen-bond donors (Lipinski definition) is 0. The second kappa shape index (κ2) is 17.4. The van der Waals surface area contributed by atoms with Crippen molar-refractivity contribution in [1.29, 1.82) is 0 Å². The molecule has 0 unspecified atom stereocenters. The van der Waals surface area contributed by atoms with Gasteiger partial charge in [-0.2, -0.15) is 0 Å². The number of imidazole rings is 1. The highest BCUT2D eigenvalue weighted by Crippen LogP contribution is 2.41. The van der Waals surface area contributed by atoms with E-state index >= 15 is 0 Å². The molecule has 8 aromatic rings. The molecule has 5 aromatic heterocycles. The zero-order valence-electron chi connectivity index (χ0n) is 33.3. The summed E-state index contributed by atoms with van der Waals surface area (Å²) in [4.78, 5) is 33.9. The molecule has 0 N–H and O–H groups in total. The van der Waals surface area contributed by atoms with Crippen LogP contribution in [0.1, 0.15) is 153 Å². The predicted octanol–water partition coefficient (Wildman–Crippen LogP) is 13.9. The average molecular weight is 754 g/mol. The van der Waals surface area contributed by atoms with E-state index in [4.69, 9.17) is 4.98 Å². The van der Waals surface area contributed by atoms with Crippen LogP contribution < -0.4 is 11.1 Å². The van der Waals surface area contributed by atoms with E-state index < -0.39 is 0 Å². The lowest BCUT2D eigenvalue weighted by molar-refractivity contribution is 0.556. The van der Waals surface area contributed by atoms with Gasteiger partial charge in [0.2, 0.25) is 0 Å². The molecule has 0 aliphatic rings. The van der Waals surface area contributed by atoms with Gasteiger partial charge in [0.1, 0.15) is 15.0 Å². The molecule has 55 heavy (non-hydrogen) atoms. The Labute approximate surface area is 329 Å². The fraction of sp³-hybridized carbons (Fsp3) is 0.490. The predicted molar refractivity (Wildman–Crippen MR) is 238 cm³/mol. The molecule has 0 spiro atoms. The van der Waals surface area contributed by atoms with Crippen molar-refractivity contribution < 1.29 is 0 Å². The topological polar surface area (TPSA) is 55.8 Å². The van der Waals surface area contributed by atoms with Crippen molar-refractivity contribution in [3.8, 4) is 0 Å². The quantitative estimate of drug-likeness (QED) is 0.0511. The lowest BCUT2D eigenvalue weighted by Crippen LogP contribution is -2.12. The molecule has 0 radical (unpaired) electrons. The van der Waals surface area contributed by atoms with Gasteiger partial charge in [0, 0.05) is 26.9 Å². The molecule has 0 aliphatic carbocycles. The summed E-state index contributed by atoms with van der Waals surface area (Å²) in [5.74, 6) is 0. The van der Waals surface area contributed by atoms with Gasteiger partial charge in [-0.1, -0.05) is 154 Å². The number of benzene rings is 3. The molecule has 0 fully saturated rings. The van der Waals surface area contributed by atoms with Crippen LogP contribution in [0.25, 0.3) is 64.0 Å². The van der Waals surface area contributed by atoms with Gasteiger partial charge in [0.05, 0.1) is 22.1 Å². The number of fused-ring (bicyclic) bond motifs is 8. The molecular formula is C49H59N3O2S. The van der Waals surface area contributed by atoms with Gasteiger partial charge >= 0.3 is 0 Å². The summed E-state index contributed by atoms with van der Waals surface area (Å²) in [6.07, 6.45) is 28.5. The molecule has 3 aromatic carbocycles. The first-order chi connectivity index (χ1) is 27.1. The maximum atomic E-state index is 14.4. The second-order valence-corrected chi connectivity index (χ2v) is 17.5. The highest BCUT2D eigenvalue weighted by atomic mass is 32.1. The molecule has 8 rings (SSSR count). The van der Waals surface area contributed by atoms with Crippen molar-refractivity contribution in [2.24, 2.45) is 0 Å². The molecule has 0 saturated carbocycles. The van der Waals surface area contributed by atoms with Crippen LogP contribution in [0.15, 0.2) is 64.2 Å². The van der Waals surface area contributed by atoms with Crippen LogP contribution in [0.4, 0.5) is 0 Å². The lowest BCUT2D eigenvalue weighted by atomic mass is 10.0. The minimum absolute atomic E-state index is 0.0250. The van der Waals surface area contributed by atoms with E-state index in [-0.39, 0.29) is 11.1 Å². The van der Waals surface area contributed by atoms with Crippen LogP contribution in [0.3, 0.4) is 0 Å². The number of unbranched alkanes of at least 4 members (excludes halogenated alkanes) is 18. The Kier molecular flexibility index (Phi) is 12.0. The van der Waals surface area contributed by atoms with E-state index in [9.17, 15) is 9.59 Å². The second-order valence-electron chi connectivity index (χ2n) is 16.5. The van der Waals surface area contributed by atoms with Crippen LogP contribution in [0, 0.1) is 0 Å². The Balaban J connectivity index is 1.03. The monoisotopic (exact) mass is 753 g/mol. The van der Waals surface area contributed by atoms with Crippen LogP contribution in [0.2, 0.25) is 0 Å². The molecule has 0 bridgehead atoms. The number of rotatable bonds is 22. The summed E-state index contributed by atoms with van der Waals surface area (Å²) in [5.41, 5.74) is 6.75. The van der Waals surface area contributed by atoms with Gasteiger partial charge in [-0.05, 0) is 67.1 Å². The highest BCUT2D eigenvalue weighted by molar-refractivity contribution is 7.26. The van der Waals surface area contributed by atoms with E-state index in [0.29, 0.717) is 15.0 Å². The van der Waals surface area contributed by atoms with Crippen molar-refractivity contribution in [2.75, 3.05) is 0 Å². The van der Waals surface area contributed by atoms with E-state index in [1.807, 2.05) is 8.80 Å². The Hall–Kier alpha value is -4.03. The number of aryl methyl sites for hydroxylation is 2. The van der Waals surface area contributed by atoms with Crippen LogP contribution in [0.5, 0.6) is 0 Å². The Bertz CT molecular complexity index is 2470. The van der Waals surface area contributed by atoms with Gasteiger partial charge in [-0.25, -0.2) is 4.98 Å². The fourth-order valence-electron chi connectivity index (χ4n) is 9.30. The molecular weight excluding hydrogens is 695 g/mol. The summed E-state index contributed by atoms with van der Waals surface area (Å²) in [6, 6.07) is 19.5. The molecule has 0 aliphatic heterocycles. The molecule has 5 heterocycles. The normalized spacial score (nSPS) is 12.5. The standard InChI is InChI=1S/C49H59N3O2S/c1-3-5-7-9-11-13-15-17-19-21-23-34-25-27-36-33-41-37-28-29-38-44-43(37)45(48(53)51(41)40(36)31-34)55-46(44)49(54)52-42-32-35(26-30-39(42)50-47(38)52)24-22-20-18-16-14-12-10-8-6-4-2/h25-33H,3-24H2,1-2H3. The van der Waals surface area contributed by atoms with Crippen molar-refractivity contribution in [3.05, 3.63) is 86.4 Å². The molecule has 6 heteroatoms. The van der Waals surface area contributed by atoms with E-state index in [1.54, 1.807) is 0 Å². The largest absolute Gasteiger partial charge is 0.275 e. The van der Waals surface area contributed by atoms with Crippen molar-refractivity contribution in [1.82, 2.24) is 13.8 Å². The fourth-order valence-corrected chi connectivity index (χ4v) is 10.5. The van der Waals surface area contributed by atoms with Gasteiger partial charge in [0.15, 0.2) is 0 Å². The summed E-state index contributed by atoms with van der Waals surface area (Å²) < 4.78 is 5.03. The number of aromatic nitrogens is 3. The lowest BCUT2D eigenvalue weighted by Gasteiger charge is -2.07. The van der Waals surface area contributed by atoms with Crippen LogP contribution in [-0.2, 0) is 12.8 Å². The molecule has 0 amide bonds. The SMILES string of the molecule is CCCCCCCCCCCCc1ccc2cc3c4ccc5c6c(sc(c(=O)n3c2c1)c46)c(=O)n1c2cc(CCCCCCCCCCCC)ccc2nc51. The maximum Gasteiger partial charge on any atom is 0.274 e. The summed E-state index contributed by atoms with van der Waals surface area (Å²) in [7, 11) is 0. The zero-order valence-corrected chi connectivity index (χ0v) is 34.1. The van der Waals surface area contributed by atoms with Crippen molar-refractivity contribution in [3.63, 3.8) is 0 Å². The third-order valence-electron chi connectivity index (χ3n) is 12.4. The summed E-state index contributed by atoms with van der Waals surface area (Å²) in [6.45, 7) is 4.55. The average Bonchev–Trinajstić information content (AvgIpc) is 3.91. The van der Waals surface area contributed by atoms with Crippen molar-refractivity contribution >= 4 is 75.4 Å². The van der Waals surface area contributed by atoms with E-state index in [1.165, 1.54) is 144 Å². The van der Waals surface area contributed by atoms with Crippen LogP contribution in [-0.4, -0.2) is 13.8 Å². The third kappa shape index (κ3) is 7.60. The van der Waals surface area contributed by atoms with Gasteiger partial charge in [-0.3, -0.25) is 18.4 Å². The van der Waals surface area contributed by atoms with Crippen molar-refractivity contribution in [2.45, 2.75) is 155 Å². The number of hydrogen-bond acceptors (Lipinski definition) is 4. The number of thiophene rings is 1. The third-order valence-corrected chi connectivity index (χ3v) is 13.6. The Morgan fingerprint density at radius 1 is 0.491 bits per heavy atom. The van der Waals surface area contributed by atoms with Gasteiger partial charge in [0.25, 0.3) is 11.1 Å². The molecule has 0 saturated heterocycles. The maximum absolute atomic E-state index is 14.4. The van der Waals surface area contributed by atoms with Gasteiger partial charge < -0.3 is 0 Å². The first-order valence-electron chi connectivity index (χ1n) is 21.9. The minimum atomic E-state index is -0.0671. The number of nitrogens with zero attached hydrogens (tertiary/aromatic N) is 3. The summed E-state index contributed by atoms with van der Waals surface area (Å²) >= 11 is 1.37. The Morgan fingerprint density at radius 2 is 0.982 bits per heavy atom. The first kappa shape index (κ1) is 37.9. The first-order valence-corrected chi connectivity index (χ1v) is 22.8. The van der Waals surface area contributed by atoms with Gasteiger partial charge in [-0.15, -0.1) is 11.3 Å². The molecule has 5 nitrogen and oxygen atoms in total. The highest BCUT2D eigenvalue weighted by Gasteiger charge is 2.24. The smallest absolute Gasteiger partial charge is 0.274 e. The van der Waals surface area contributed by atoms with Crippen LogP contribution >= 0.6 is 11.3 Å². The molecule has 0 atom stereocenters. The molecule has 288 valence electrons. The minimum Gasteiger partial charge on any atom is -0.275 e. The van der Waals surface area contributed by atoms with E-state index in [0.717, 1.165) is 68.3 Å².